The number of aryl methyl sites for hydroxylation is 1. The van der Waals surface area contributed by atoms with Gasteiger partial charge in [0.05, 0.1) is 11.1 Å². The number of anilines is 1. The largest absolute Gasteiger partial charge is 0.493 e. The van der Waals surface area contributed by atoms with E-state index in [9.17, 15) is 10.1 Å². The third kappa shape index (κ3) is 5.09. The number of amides is 1. The molecular weight excluding hydrogens is 404 g/mol. The highest BCUT2D eigenvalue weighted by molar-refractivity contribution is 9.10. The Balaban J connectivity index is 2.21. The van der Waals surface area contributed by atoms with E-state index in [1.807, 2.05) is 19.9 Å². The molecule has 1 amide bonds. The highest BCUT2D eigenvalue weighted by Gasteiger charge is 2.11. The van der Waals surface area contributed by atoms with Gasteiger partial charge in [0.1, 0.15) is 17.4 Å². The van der Waals surface area contributed by atoms with Crippen molar-refractivity contribution in [1.82, 2.24) is 0 Å². The van der Waals surface area contributed by atoms with Crippen LogP contribution in [0.5, 0.6) is 5.75 Å². The molecule has 0 aliphatic heterocycles. The Morgan fingerprint density at radius 1 is 1.36 bits per heavy atom. The molecule has 0 unspecified atom stereocenters. The van der Waals surface area contributed by atoms with Crippen LogP contribution in [0, 0.1) is 18.3 Å². The van der Waals surface area contributed by atoms with Crippen molar-refractivity contribution < 1.29 is 9.53 Å². The summed E-state index contributed by atoms with van der Waals surface area (Å²) in [5.41, 5.74) is 2.15. The van der Waals surface area contributed by atoms with Gasteiger partial charge in [0.15, 0.2) is 0 Å². The summed E-state index contributed by atoms with van der Waals surface area (Å²) in [5, 5.41) is 12.5. The van der Waals surface area contributed by atoms with Gasteiger partial charge in [0.25, 0.3) is 5.91 Å². The second kappa shape index (κ2) is 8.70. The number of hydrogen-bond donors (Lipinski definition) is 1. The summed E-state index contributed by atoms with van der Waals surface area (Å²) < 4.78 is 6.20. The van der Waals surface area contributed by atoms with Crippen LogP contribution in [0.1, 0.15) is 18.1 Å². The fraction of sp³-hybridized carbons (Fsp3) is 0.158. The van der Waals surface area contributed by atoms with Gasteiger partial charge in [0.2, 0.25) is 0 Å². The molecule has 25 heavy (non-hydrogen) atoms. The van der Waals surface area contributed by atoms with Crippen LogP contribution >= 0.6 is 27.5 Å². The van der Waals surface area contributed by atoms with Gasteiger partial charge in [-0.1, -0.05) is 23.7 Å². The normalized spacial score (nSPS) is 10.9. The minimum atomic E-state index is -0.493. The summed E-state index contributed by atoms with van der Waals surface area (Å²) >= 11 is 9.46. The predicted octanol–water partition coefficient (Wildman–Crippen LogP) is 5.36. The zero-order chi connectivity index (χ0) is 18.4. The summed E-state index contributed by atoms with van der Waals surface area (Å²) in [6.45, 7) is 4.33. The zero-order valence-corrected chi connectivity index (χ0v) is 16.1. The minimum absolute atomic E-state index is 0.00671. The Morgan fingerprint density at radius 3 is 2.72 bits per heavy atom. The number of nitrogens with one attached hydrogen (secondary N) is 1. The third-order valence-corrected chi connectivity index (χ3v) is 4.39. The first-order valence-corrected chi connectivity index (χ1v) is 8.73. The van der Waals surface area contributed by atoms with Gasteiger partial charge in [0, 0.05) is 10.7 Å². The van der Waals surface area contributed by atoms with Crippen molar-refractivity contribution in [2.24, 2.45) is 0 Å². The number of nitrogens with zero attached hydrogens (tertiary/aromatic N) is 1. The van der Waals surface area contributed by atoms with Gasteiger partial charge in [-0.2, -0.15) is 5.26 Å². The number of carbonyl (C=O) groups is 1. The Hall–Kier alpha value is -2.29. The van der Waals surface area contributed by atoms with E-state index in [0.29, 0.717) is 28.6 Å². The van der Waals surface area contributed by atoms with Crippen molar-refractivity contribution in [3.8, 4) is 11.8 Å². The average molecular weight is 420 g/mol. The lowest BCUT2D eigenvalue weighted by Crippen LogP contribution is -2.13. The molecule has 0 radical (unpaired) electrons. The smallest absolute Gasteiger partial charge is 0.266 e. The molecule has 0 saturated carbocycles. The minimum Gasteiger partial charge on any atom is -0.493 e. The van der Waals surface area contributed by atoms with Crippen LogP contribution in [-0.2, 0) is 4.79 Å². The van der Waals surface area contributed by atoms with Crippen LogP contribution < -0.4 is 10.1 Å². The summed E-state index contributed by atoms with van der Waals surface area (Å²) in [4.78, 5) is 12.3. The summed E-state index contributed by atoms with van der Waals surface area (Å²) in [5.74, 6) is 0.212. The molecule has 0 bridgehead atoms. The van der Waals surface area contributed by atoms with Crippen molar-refractivity contribution in [2.75, 3.05) is 11.9 Å². The Bertz CT molecular complexity index is 872. The maximum absolute atomic E-state index is 12.3. The van der Waals surface area contributed by atoms with Gasteiger partial charge in [-0.3, -0.25) is 4.79 Å². The highest BCUT2D eigenvalue weighted by atomic mass is 79.9. The van der Waals surface area contributed by atoms with Crippen LogP contribution in [-0.4, -0.2) is 12.5 Å². The van der Waals surface area contributed by atoms with E-state index in [1.54, 1.807) is 36.4 Å². The van der Waals surface area contributed by atoms with Crippen LogP contribution in [0.3, 0.4) is 0 Å². The number of carbonyl (C=O) groups excluding carboxylic acids is 1. The monoisotopic (exact) mass is 418 g/mol. The van der Waals surface area contributed by atoms with E-state index < -0.39 is 5.91 Å². The molecule has 0 aliphatic carbocycles. The Morgan fingerprint density at radius 2 is 2.12 bits per heavy atom. The number of benzene rings is 2. The van der Waals surface area contributed by atoms with Crippen molar-refractivity contribution in [3.63, 3.8) is 0 Å². The number of ether oxygens (including phenoxy) is 1. The first-order valence-electron chi connectivity index (χ1n) is 7.56. The van der Waals surface area contributed by atoms with Gasteiger partial charge in [-0.05, 0) is 71.2 Å². The quantitative estimate of drug-likeness (QED) is 0.524. The summed E-state index contributed by atoms with van der Waals surface area (Å²) in [6, 6.07) is 12.5. The topological polar surface area (TPSA) is 62.1 Å². The van der Waals surface area contributed by atoms with E-state index in [0.717, 1.165) is 10.0 Å². The maximum atomic E-state index is 12.3. The molecule has 0 aliphatic rings. The van der Waals surface area contributed by atoms with Gasteiger partial charge in [-0.15, -0.1) is 0 Å². The van der Waals surface area contributed by atoms with Crippen molar-refractivity contribution >= 4 is 45.2 Å². The fourth-order valence-corrected chi connectivity index (χ4v) is 2.76. The third-order valence-electron chi connectivity index (χ3n) is 3.36. The lowest BCUT2D eigenvalue weighted by Gasteiger charge is -2.08. The van der Waals surface area contributed by atoms with Crippen LogP contribution in [0.25, 0.3) is 6.08 Å². The molecule has 2 rings (SSSR count). The fourth-order valence-electron chi connectivity index (χ4n) is 2.06. The number of hydrogen-bond acceptors (Lipinski definition) is 3. The first kappa shape index (κ1) is 19.0. The summed E-state index contributed by atoms with van der Waals surface area (Å²) in [7, 11) is 0. The lowest BCUT2D eigenvalue weighted by molar-refractivity contribution is -0.112. The molecule has 0 saturated heterocycles. The lowest BCUT2D eigenvalue weighted by atomic mass is 10.1. The Kier molecular flexibility index (Phi) is 6.63. The van der Waals surface area contributed by atoms with Crippen LogP contribution in [0.2, 0.25) is 5.02 Å². The molecule has 0 fully saturated rings. The molecule has 0 atom stereocenters. The Labute approximate surface area is 160 Å². The molecule has 2 aromatic carbocycles. The standard InChI is InChI=1S/C19H16BrClN2O2/c1-3-25-18-7-5-13(9-16(18)20)8-14(11-22)19(24)23-15-6-4-12(2)17(21)10-15/h4-10H,3H2,1-2H3,(H,23,24)/b14-8-. The van der Waals surface area contributed by atoms with Crippen LogP contribution in [0.15, 0.2) is 46.4 Å². The molecule has 128 valence electrons. The summed E-state index contributed by atoms with van der Waals surface area (Å²) in [6.07, 6.45) is 1.52. The van der Waals surface area contributed by atoms with E-state index in [2.05, 4.69) is 21.2 Å². The average Bonchev–Trinajstić information content (AvgIpc) is 2.58. The van der Waals surface area contributed by atoms with Crippen LogP contribution in [0.4, 0.5) is 5.69 Å². The van der Waals surface area contributed by atoms with Gasteiger partial charge < -0.3 is 10.1 Å². The molecule has 0 aromatic heterocycles. The first-order chi connectivity index (χ1) is 11.9. The second-order valence-corrected chi connectivity index (χ2v) is 6.47. The predicted molar refractivity (Wildman–Crippen MR) is 104 cm³/mol. The van der Waals surface area contributed by atoms with Crippen molar-refractivity contribution in [3.05, 3.63) is 62.6 Å². The maximum Gasteiger partial charge on any atom is 0.266 e. The molecule has 1 N–H and O–H groups in total. The molecule has 2 aromatic rings. The highest BCUT2D eigenvalue weighted by Crippen LogP contribution is 2.27. The van der Waals surface area contributed by atoms with Gasteiger partial charge in [-0.25, -0.2) is 0 Å². The van der Waals surface area contributed by atoms with Crippen molar-refractivity contribution in [2.45, 2.75) is 13.8 Å². The van der Waals surface area contributed by atoms with E-state index in [4.69, 9.17) is 16.3 Å². The SMILES string of the molecule is CCOc1ccc(/C=C(/C#N)C(=O)Nc2ccc(C)c(Cl)c2)cc1Br. The molecule has 0 spiro atoms. The number of nitriles is 1. The molecular formula is C19H16BrClN2O2. The number of rotatable bonds is 5. The molecule has 4 nitrogen and oxygen atoms in total. The van der Waals surface area contributed by atoms with E-state index in [-0.39, 0.29) is 5.57 Å². The van der Waals surface area contributed by atoms with Gasteiger partial charge >= 0.3 is 0 Å². The second-order valence-electron chi connectivity index (χ2n) is 5.21. The van der Waals surface area contributed by atoms with E-state index in [1.165, 1.54) is 6.08 Å². The molecule has 0 heterocycles. The van der Waals surface area contributed by atoms with E-state index >= 15 is 0 Å². The van der Waals surface area contributed by atoms with Crippen molar-refractivity contribution in [1.29, 1.82) is 5.26 Å². The number of halogens is 2. The molecule has 6 heteroatoms. The zero-order valence-electron chi connectivity index (χ0n) is 13.8.